The number of nitrogens with zero attached hydrogens (tertiary/aromatic N) is 1. The Balaban J connectivity index is 2.19. The number of benzene rings is 2. The lowest BCUT2D eigenvalue weighted by atomic mass is 9.93. The lowest BCUT2D eigenvalue weighted by Crippen LogP contribution is -2.51. The molecule has 0 bridgehead atoms. The quantitative estimate of drug-likeness (QED) is 0.833. The predicted octanol–water partition coefficient (Wildman–Crippen LogP) is 4.75. The zero-order chi connectivity index (χ0) is 20.0. The van der Waals surface area contributed by atoms with Gasteiger partial charge in [-0.3, -0.25) is 10.2 Å². The number of fused-ring (bicyclic) bond motifs is 1. The van der Waals surface area contributed by atoms with Crippen molar-refractivity contribution >= 4 is 16.7 Å². The maximum Gasteiger partial charge on any atom is 0.409 e. The molecule has 1 unspecified atom stereocenters. The second kappa shape index (κ2) is 6.71. The third-order valence-electron chi connectivity index (χ3n) is 4.63. The lowest BCUT2D eigenvalue weighted by Gasteiger charge is -2.38. The van der Waals surface area contributed by atoms with Crippen LogP contribution >= 0.6 is 0 Å². The molecule has 1 aliphatic rings. The van der Waals surface area contributed by atoms with E-state index >= 15 is 0 Å². The summed E-state index contributed by atoms with van der Waals surface area (Å²) in [4.78, 5) is 11.8. The first-order valence-corrected chi connectivity index (χ1v) is 8.84. The Morgan fingerprint density at radius 3 is 2.26 bits per heavy atom. The molecule has 0 radical (unpaired) electrons. The Bertz CT molecular complexity index is 862. The molecule has 27 heavy (non-hydrogen) atoms. The van der Waals surface area contributed by atoms with E-state index in [4.69, 9.17) is 4.74 Å². The van der Waals surface area contributed by atoms with Crippen LogP contribution in [-0.4, -0.2) is 28.7 Å². The molecule has 2 aromatic rings. The molecule has 0 saturated carbocycles. The molecule has 0 aromatic heterocycles. The van der Waals surface area contributed by atoms with E-state index in [1.807, 2.05) is 13.8 Å². The van der Waals surface area contributed by atoms with Crippen molar-refractivity contribution in [3.05, 3.63) is 42.0 Å². The van der Waals surface area contributed by atoms with Crippen molar-refractivity contribution in [3.63, 3.8) is 0 Å². The summed E-state index contributed by atoms with van der Waals surface area (Å²) < 4.78 is 48.2. The van der Waals surface area contributed by atoms with Crippen LogP contribution in [0.25, 0.3) is 10.8 Å². The number of amides is 1. The number of carbonyl (C=O) groups is 1. The molecule has 1 fully saturated rings. The van der Waals surface area contributed by atoms with Gasteiger partial charge in [0.25, 0.3) is 0 Å². The highest BCUT2D eigenvalue weighted by Gasteiger charge is 2.53. The van der Waals surface area contributed by atoms with E-state index < -0.39 is 23.7 Å². The third-order valence-corrected chi connectivity index (χ3v) is 4.63. The first kappa shape index (κ1) is 19.5. The van der Waals surface area contributed by atoms with Gasteiger partial charge in [0.15, 0.2) is 6.04 Å². The van der Waals surface area contributed by atoms with E-state index in [0.717, 1.165) is 5.01 Å². The fourth-order valence-electron chi connectivity index (χ4n) is 3.57. The molecule has 1 atom stereocenters. The number of alkyl halides is 3. The standard InChI is InChI=1S/C20H23F3N2O2/c1-12(2)27-16-10-9-15(13-7-5-6-8-14(13)16)18(20(21,22)23)25-19(3,4)11-17(26)24-25/h5-10,12,18H,11H2,1-4H3,(H,24,26). The average Bonchev–Trinajstić information content (AvgIpc) is 2.80. The number of rotatable bonds is 4. The fourth-order valence-corrected chi connectivity index (χ4v) is 3.57. The molecular weight excluding hydrogens is 357 g/mol. The number of carbonyl (C=O) groups excluding carboxylic acids is 1. The van der Waals surface area contributed by atoms with Crippen LogP contribution in [0.5, 0.6) is 5.75 Å². The summed E-state index contributed by atoms with van der Waals surface area (Å²) in [5, 5.41) is 2.09. The molecule has 146 valence electrons. The third kappa shape index (κ3) is 3.74. The second-order valence-corrected chi connectivity index (χ2v) is 7.70. The Morgan fingerprint density at radius 1 is 1.11 bits per heavy atom. The summed E-state index contributed by atoms with van der Waals surface area (Å²) in [6.45, 7) is 6.98. The van der Waals surface area contributed by atoms with E-state index in [1.54, 1.807) is 44.2 Å². The van der Waals surface area contributed by atoms with E-state index in [9.17, 15) is 18.0 Å². The van der Waals surface area contributed by atoms with Crippen LogP contribution in [0.1, 0.15) is 45.7 Å². The molecule has 7 heteroatoms. The number of ether oxygens (including phenoxy) is 1. The molecule has 1 amide bonds. The number of nitrogens with one attached hydrogen (secondary N) is 1. The fraction of sp³-hybridized carbons (Fsp3) is 0.450. The van der Waals surface area contributed by atoms with Crippen molar-refractivity contribution in [2.24, 2.45) is 0 Å². The van der Waals surface area contributed by atoms with E-state index in [-0.39, 0.29) is 18.1 Å². The van der Waals surface area contributed by atoms with Gasteiger partial charge in [-0.25, -0.2) is 0 Å². The summed E-state index contributed by atoms with van der Waals surface area (Å²) in [5.74, 6) is 0.119. The lowest BCUT2D eigenvalue weighted by molar-refractivity contribution is -0.203. The summed E-state index contributed by atoms with van der Waals surface area (Å²) in [6.07, 6.45) is -4.67. The summed E-state index contributed by atoms with van der Waals surface area (Å²) in [7, 11) is 0. The molecule has 4 nitrogen and oxygen atoms in total. The molecule has 1 heterocycles. The monoisotopic (exact) mass is 380 g/mol. The van der Waals surface area contributed by atoms with Gasteiger partial charge in [-0.1, -0.05) is 30.3 Å². The van der Waals surface area contributed by atoms with Gasteiger partial charge in [0, 0.05) is 17.3 Å². The van der Waals surface area contributed by atoms with Crippen molar-refractivity contribution in [2.45, 2.75) is 58.0 Å². The second-order valence-electron chi connectivity index (χ2n) is 7.70. The van der Waals surface area contributed by atoms with Crippen LogP contribution in [0.3, 0.4) is 0 Å². The van der Waals surface area contributed by atoms with Crippen molar-refractivity contribution in [1.82, 2.24) is 10.4 Å². The smallest absolute Gasteiger partial charge is 0.409 e. The number of hydrogen-bond donors (Lipinski definition) is 1. The Hall–Kier alpha value is -2.28. The van der Waals surface area contributed by atoms with Gasteiger partial charge in [-0.2, -0.15) is 18.2 Å². The molecule has 0 spiro atoms. The van der Waals surface area contributed by atoms with Gasteiger partial charge in [-0.05, 0) is 44.7 Å². The van der Waals surface area contributed by atoms with E-state index in [2.05, 4.69) is 5.43 Å². The summed E-state index contributed by atoms with van der Waals surface area (Å²) in [6, 6.07) is 7.92. The normalized spacial score (nSPS) is 18.7. The largest absolute Gasteiger partial charge is 0.490 e. The molecular formula is C20H23F3N2O2. The minimum Gasteiger partial charge on any atom is -0.490 e. The van der Waals surface area contributed by atoms with E-state index in [1.165, 1.54) is 6.07 Å². The van der Waals surface area contributed by atoms with Crippen molar-refractivity contribution in [2.75, 3.05) is 0 Å². The first-order chi connectivity index (χ1) is 12.5. The van der Waals surface area contributed by atoms with E-state index in [0.29, 0.717) is 16.5 Å². The van der Waals surface area contributed by atoms with Gasteiger partial charge >= 0.3 is 6.18 Å². The molecule has 1 saturated heterocycles. The SMILES string of the molecule is CC(C)Oc1ccc(C(N2NC(=O)CC2(C)C)C(F)(F)F)c2ccccc12. The maximum atomic E-state index is 14.1. The molecule has 3 rings (SSSR count). The van der Waals surface area contributed by atoms with Crippen LogP contribution in [0, 0.1) is 0 Å². The highest BCUT2D eigenvalue weighted by molar-refractivity contribution is 5.91. The van der Waals surface area contributed by atoms with Crippen LogP contribution < -0.4 is 10.2 Å². The summed E-state index contributed by atoms with van der Waals surface area (Å²) in [5.41, 5.74) is 1.52. The Morgan fingerprint density at radius 2 is 1.74 bits per heavy atom. The van der Waals surface area contributed by atoms with Gasteiger partial charge in [0.2, 0.25) is 5.91 Å². The highest BCUT2D eigenvalue weighted by atomic mass is 19.4. The highest BCUT2D eigenvalue weighted by Crippen LogP contribution is 2.45. The molecule has 1 aliphatic heterocycles. The van der Waals surface area contributed by atoms with Gasteiger partial charge in [-0.15, -0.1) is 0 Å². The molecule has 1 N–H and O–H groups in total. The average molecular weight is 380 g/mol. The van der Waals surface area contributed by atoms with Crippen LogP contribution in [0.15, 0.2) is 36.4 Å². The maximum absolute atomic E-state index is 14.1. The Kier molecular flexibility index (Phi) is 4.84. The van der Waals surface area contributed by atoms with Crippen LogP contribution in [-0.2, 0) is 4.79 Å². The predicted molar refractivity (Wildman–Crippen MR) is 97.2 cm³/mol. The first-order valence-electron chi connectivity index (χ1n) is 8.84. The van der Waals surface area contributed by atoms with Gasteiger partial charge < -0.3 is 4.74 Å². The molecule has 0 aliphatic carbocycles. The van der Waals surface area contributed by atoms with Gasteiger partial charge in [0.1, 0.15) is 5.75 Å². The zero-order valence-corrected chi connectivity index (χ0v) is 15.7. The number of halogens is 3. The van der Waals surface area contributed by atoms with Gasteiger partial charge in [0.05, 0.1) is 6.10 Å². The Labute approximate surface area is 156 Å². The van der Waals surface area contributed by atoms with Crippen molar-refractivity contribution < 1.29 is 22.7 Å². The minimum absolute atomic E-state index is 0.00601. The van der Waals surface area contributed by atoms with Crippen molar-refractivity contribution in [3.8, 4) is 5.75 Å². The van der Waals surface area contributed by atoms with Crippen LogP contribution in [0.4, 0.5) is 13.2 Å². The van der Waals surface area contributed by atoms with Crippen molar-refractivity contribution in [1.29, 1.82) is 0 Å². The minimum atomic E-state index is -4.57. The topological polar surface area (TPSA) is 41.6 Å². The summed E-state index contributed by atoms with van der Waals surface area (Å²) >= 11 is 0. The van der Waals surface area contributed by atoms with Crippen LogP contribution in [0.2, 0.25) is 0 Å². The zero-order valence-electron chi connectivity index (χ0n) is 15.7. The molecule has 2 aromatic carbocycles. The number of hydrazine groups is 1. The number of hydrogen-bond acceptors (Lipinski definition) is 3.